The van der Waals surface area contributed by atoms with Crippen molar-refractivity contribution in [1.82, 2.24) is 14.5 Å². The summed E-state index contributed by atoms with van der Waals surface area (Å²) in [5, 5.41) is 3.18. The molecule has 1 aromatic rings. The minimum atomic E-state index is -3.57. The molecule has 3 rings (SSSR count). The molecule has 0 saturated carbocycles. The molecule has 1 N–H and O–H groups in total. The normalized spacial score (nSPS) is 20.6. The van der Waals surface area contributed by atoms with Gasteiger partial charge in [0, 0.05) is 51.0 Å². The van der Waals surface area contributed by atoms with Gasteiger partial charge < -0.3 is 15.1 Å². The molecule has 2 fully saturated rings. The molecule has 1 atom stereocenters. The fourth-order valence-corrected chi connectivity index (χ4v) is 5.22. The first kappa shape index (κ1) is 26.0. The highest BCUT2D eigenvalue weighted by molar-refractivity contribution is 7.89. The van der Waals surface area contributed by atoms with Gasteiger partial charge >= 0.3 is 0 Å². The number of carbonyl (C=O) groups is 1. The highest BCUT2D eigenvalue weighted by Crippen LogP contribution is 2.19. The van der Waals surface area contributed by atoms with Gasteiger partial charge in [-0.15, -0.1) is 24.8 Å². The van der Waals surface area contributed by atoms with Crippen LogP contribution in [0.25, 0.3) is 0 Å². The Hall–Kier alpha value is -1.06. The quantitative estimate of drug-likeness (QED) is 0.711. The summed E-state index contributed by atoms with van der Waals surface area (Å²) in [5.74, 6) is -0.704. The van der Waals surface area contributed by atoms with Crippen molar-refractivity contribution in [3.63, 3.8) is 0 Å². The third-order valence-corrected chi connectivity index (χ3v) is 7.25. The van der Waals surface area contributed by atoms with E-state index in [1.165, 1.54) is 9.87 Å². The zero-order valence-corrected chi connectivity index (χ0v) is 19.5. The number of halogens is 2. The number of nitrogens with zero attached hydrogens (tertiary/aromatic N) is 3. The van der Waals surface area contributed by atoms with Crippen LogP contribution >= 0.6 is 24.8 Å². The van der Waals surface area contributed by atoms with E-state index in [1.807, 2.05) is 13.1 Å². The number of sulfonamides is 1. The van der Waals surface area contributed by atoms with E-state index >= 15 is 0 Å². The fourth-order valence-electron chi connectivity index (χ4n) is 3.83. The van der Waals surface area contributed by atoms with Gasteiger partial charge in [-0.2, -0.15) is 4.31 Å². The summed E-state index contributed by atoms with van der Waals surface area (Å²) < 4.78 is 26.9. The second-order valence-electron chi connectivity index (χ2n) is 7.45. The van der Waals surface area contributed by atoms with Crippen molar-refractivity contribution in [1.29, 1.82) is 0 Å². The van der Waals surface area contributed by atoms with Crippen LogP contribution in [0.3, 0.4) is 0 Å². The molecule has 29 heavy (non-hydrogen) atoms. The molecule has 0 aliphatic carbocycles. The Labute approximate surface area is 186 Å². The molecule has 2 aliphatic rings. The van der Waals surface area contributed by atoms with Gasteiger partial charge in [-0.1, -0.05) is 12.1 Å². The van der Waals surface area contributed by atoms with E-state index in [0.717, 1.165) is 18.5 Å². The maximum Gasteiger partial charge on any atom is 0.239 e. The van der Waals surface area contributed by atoms with E-state index in [2.05, 4.69) is 35.3 Å². The number of hydrogen-bond acceptors (Lipinski definition) is 5. The number of likely N-dealkylation sites (tertiary alicyclic amines) is 1. The Morgan fingerprint density at radius 1 is 1.14 bits per heavy atom. The summed E-state index contributed by atoms with van der Waals surface area (Å²) in [6, 6.07) is 8.49. The number of likely N-dealkylation sites (N-methyl/N-ethyl adjacent to an activating group) is 1. The van der Waals surface area contributed by atoms with Crippen LogP contribution < -0.4 is 10.2 Å². The van der Waals surface area contributed by atoms with Gasteiger partial charge in [0.2, 0.25) is 15.9 Å². The van der Waals surface area contributed by atoms with Gasteiger partial charge in [0.05, 0.1) is 0 Å². The van der Waals surface area contributed by atoms with Crippen LogP contribution in [0.15, 0.2) is 24.3 Å². The summed E-state index contributed by atoms with van der Waals surface area (Å²) in [6.45, 7) is 5.41. The van der Waals surface area contributed by atoms with Crippen molar-refractivity contribution in [2.45, 2.75) is 25.8 Å². The van der Waals surface area contributed by atoms with Gasteiger partial charge in [-0.25, -0.2) is 8.42 Å². The Balaban J connectivity index is 0.00000210. The fraction of sp³-hybridized carbons (Fsp3) is 0.632. The monoisotopic (exact) mass is 466 g/mol. The predicted octanol–water partition coefficient (Wildman–Crippen LogP) is 1.50. The third-order valence-electron chi connectivity index (χ3n) is 5.49. The number of aryl methyl sites for hydroxylation is 1. The van der Waals surface area contributed by atoms with E-state index < -0.39 is 15.8 Å². The van der Waals surface area contributed by atoms with Crippen molar-refractivity contribution in [2.24, 2.45) is 0 Å². The molecule has 1 aromatic carbocycles. The van der Waals surface area contributed by atoms with Crippen LogP contribution in [0, 0.1) is 6.92 Å². The second-order valence-corrected chi connectivity index (χ2v) is 9.42. The lowest BCUT2D eigenvalue weighted by atomic mass is 10.1. The van der Waals surface area contributed by atoms with Gasteiger partial charge in [0.25, 0.3) is 0 Å². The molecule has 0 bridgehead atoms. The van der Waals surface area contributed by atoms with Crippen molar-refractivity contribution in [3.05, 3.63) is 29.8 Å². The zero-order valence-electron chi connectivity index (χ0n) is 17.0. The molecule has 0 spiro atoms. The molecule has 2 aliphatic heterocycles. The van der Waals surface area contributed by atoms with Crippen molar-refractivity contribution in [2.75, 3.05) is 57.0 Å². The lowest BCUT2D eigenvalue weighted by molar-refractivity contribution is -0.129. The zero-order chi connectivity index (χ0) is 19.4. The molecular formula is C19H32Cl2N4O3S. The van der Waals surface area contributed by atoms with E-state index in [0.29, 0.717) is 39.3 Å². The number of benzene rings is 1. The summed E-state index contributed by atoms with van der Waals surface area (Å²) >= 11 is 0. The van der Waals surface area contributed by atoms with E-state index in [-0.39, 0.29) is 36.8 Å². The van der Waals surface area contributed by atoms with Gasteiger partial charge in [-0.3, -0.25) is 4.79 Å². The molecule has 7 nitrogen and oxygen atoms in total. The van der Waals surface area contributed by atoms with Crippen LogP contribution in [-0.2, 0) is 14.8 Å². The number of anilines is 1. The topological polar surface area (TPSA) is 73.0 Å². The average Bonchev–Trinajstić information content (AvgIpc) is 2.68. The number of hydrogen-bond donors (Lipinski definition) is 1. The second kappa shape index (κ2) is 11.4. The van der Waals surface area contributed by atoms with Gasteiger partial charge in [0.15, 0.2) is 0 Å². The van der Waals surface area contributed by atoms with Gasteiger partial charge in [0.1, 0.15) is 5.75 Å². The SMILES string of the molecule is CNC1CCCN(C(=O)CS(=O)(=O)N2CCN(c3cccc(C)c3)CC2)C1.Cl.Cl. The highest BCUT2D eigenvalue weighted by Gasteiger charge is 2.32. The first-order chi connectivity index (χ1) is 12.9. The standard InChI is InChI=1S/C19H30N4O3S.2ClH/c1-16-5-3-7-18(13-16)21-9-11-23(12-10-21)27(25,26)15-19(24)22-8-4-6-17(14-22)20-2;;/h3,5,7,13,17,20H,4,6,8-12,14-15H2,1-2H3;2*1H. The van der Waals surface area contributed by atoms with Crippen LogP contribution in [0.2, 0.25) is 0 Å². The van der Waals surface area contributed by atoms with E-state index in [4.69, 9.17) is 0 Å². The average molecular weight is 467 g/mol. The van der Waals surface area contributed by atoms with Crippen LogP contribution in [0.5, 0.6) is 0 Å². The lowest BCUT2D eigenvalue weighted by Gasteiger charge is -2.36. The third kappa shape index (κ3) is 6.72. The van der Waals surface area contributed by atoms with Crippen LogP contribution in [0.1, 0.15) is 18.4 Å². The lowest BCUT2D eigenvalue weighted by Crippen LogP contribution is -2.52. The smallest absolute Gasteiger partial charge is 0.239 e. The largest absolute Gasteiger partial charge is 0.369 e. The first-order valence-corrected chi connectivity index (χ1v) is 11.2. The maximum absolute atomic E-state index is 12.7. The molecule has 1 unspecified atom stereocenters. The minimum absolute atomic E-state index is 0. The molecule has 2 saturated heterocycles. The Morgan fingerprint density at radius 2 is 1.83 bits per heavy atom. The summed E-state index contributed by atoms with van der Waals surface area (Å²) in [5.41, 5.74) is 2.31. The summed E-state index contributed by atoms with van der Waals surface area (Å²) in [4.78, 5) is 16.4. The van der Waals surface area contributed by atoms with Gasteiger partial charge in [-0.05, 0) is 44.5 Å². The summed E-state index contributed by atoms with van der Waals surface area (Å²) in [7, 11) is -1.70. The molecule has 1 amide bonds. The molecule has 0 radical (unpaired) electrons. The molecule has 10 heteroatoms. The molecule has 166 valence electrons. The van der Waals surface area contributed by atoms with Crippen molar-refractivity contribution < 1.29 is 13.2 Å². The number of nitrogens with one attached hydrogen (secondary N) is 1. The van der Waals surface area contributed by atoms with Crippen molar-refractivity contribution >= 4 is 46.4 Å². The number of amides is 1. The summed E-state index contributed by atoms with van der Waals surface area (Å²) in [6.07, 6.45) is 1.93. The first-order valence-electron chi connectivity index (χ1n) is 9.63. The number of rotatable bonds is 5. The van der Waals surface area contributed by atoms with Crippen molar-refractivity contribution in [3.8, 4) is 0 Å². The van der Waals surface area contributed by atoms with E-state index in [1.54, 1.807) is 4.90 Å². The number of piperazine rings is 1. The van der Waals surface area contributed by atoms with Crippen LogP contribution in [-0.4, -0.2) is 81.6 Å². The highest BCUT2D eigenvalue weighted by atomic mass is 35.5. The maximum atomic E-state index is 12.7. The number of piperidine rings is 1. The Morgan fingerprint density at radius 3 is 2.45 bits per heavy atom. The van der Waals surface area contributed by atoms with E-state index in [9.17, 15) is 13.2 Å². The predicted molar refractivity (Wildman–Crippen MR) is 122 cm³/mol. The minimum Gasteiger partial charge on any atom is -0.369 e. The van der Waals surface area contributed by atoms with Crippen LogP contribution in [0.4, 0.5) is 5.69 Å². The Kier molecular flexibility index (Phi) is 10.2. The molecule has 2 heterocycles. The molecule has 0 aromatic heterocycles. The Bertz CT molecular complexity index is 770. The number of carbonyl (C=O) groups excluding carboxylic acids is 1. The molecular weight excluding hydrogens is 435 g/mol.